The molecule has 0 saturated carbocycles. The summed E-state index contributed by atoms with van der Waals surface area (Å²) >= 11 is 0. The van der Waals surface area contributed by atoms with Gasteiger partial charge < -0.3 is 34.3 Å². The van der Waals surface area contributed by atoms with E-state index in [2.05, 4.69) is 26.0 Å². The fourth-order valence-corrected chi connectivity index (χ4v) is 8.25. The van der Waals surface area contributed by atoms with Crippen molar-refractivity contribution in [3.63, 3.8) is 0 Å². The second kappa shape index (κ2) is 37.9. The van der Waals surface area contributed by atoms with Crippen LogP contribution in [-0.4, -0.2) is 96.0 Å². The Bertz CT molecular complexity index is 1170. The molecule has 354 valence electrons. The molecule has 0 aromatic heterocycles. The zero-order chi connectivity index (χ0) is 44.1. The number of hydrogen-bond acceptors (Lipinski definition) is 11. The molecule has 13 heteroatoms. The Hall–Kier alpha value is -1.61. The Morgan fingerprint density at radius 3 is 1.42 bits per heavy atom. The smallest absolute Gasteiger partial charge is 0.306 e. The maximum atomic E-state index is 12.8. The standard InChI is InChI=1S/C47H88O12S/c1-3-5-7-9-11-13-15-17-19-20-22-24-26-28-30-32-34-36-43(49)58-40(38-57-47-46(52)45(51)44(50)41(59-47)39-60(53,54)55)37-56-42(48)35-33-31-29-27-25-23-21-18-16-14-12-10-8-6-4-2/h25,27,40-41,44-47,50-52H,3-24,26,28-39H2,1-2H3,(H,53,54,55)/b27-25+/t40-,41-,44-,45?,46?,47+/m1/s1. The van der Waals surface area contributed by atoms with Crippen LogP contribution in [0.3, 0.4) is 0 Å². The number of carbonyl (C=O) groups is 2. The van der Waals surface area contributed by atoms with Crippen LogP contribution < -0.4 is 0 Å². The van der Waals surface area contributed by atoms with Gasteiger partial charge in [-0.3, -0.25) is 14.1 Å². The summed E-state index contributed by atoms with van der Waals surface area (Å²) in [6, 6.07) is 0. The zero-order valence-corrected chi connectivity index (χ0v) is 38.6. The molecule has 1 rings (SSSR count). The first-order valence-electron chi connectivity index (χ1n) is 24.2. The highest BCUT2D eigenvalue weighted by molar-refractivity contribution is 7.85. The van der Waals surface area contributed by atoms with Crippen LogP contribution >= 0.6 is 0 Å². The van der Waals surface area contributed by atoms with Crippen molar-refractivity contribution in [1.29, 1.82) is 0 Å². The molecule has 2 unspecified atom stereocenters. The SMILES string of the molecule is CCCCCCCCCCC/C=C/CCCCC(=O)OC[C@H](CO[C@H]1O[C@H](CS(=O)(=O)O)[C@@H](O)C(O)C1O)OC(=O)CCCCCCCCCCCCCCCCCCC. The molecule has 0 amide bonds. The minimum Gasteiger partial charge on any atom is -0.462 e. The summed E-state index contributed by atoms with van der Waals surface area (Å²) in [7, 11) is -4.60. The molecule has 60 heavy (non-hydrogen) atoms. The summed E-state index contributed by atoms with van der Waals surface area (Å²) in [5.74, 6) is -1.99. The molecular formula is C47H88O12S. The highest BCUT2D eigenvalue weighted by atomic mass is 32.2. The van der Waals surface area contributed by atoms with Gasteiger partial charge in [-0.1, -0.05) is 180 Å². The van der Waals surface area contributed by atoms with Crippen LogP contribution in [0.4, 0.5) is 0 Å². The lowest BCUT2D eigenvalue weighted by Crippen LogP contribution is -2.60. The highest BCUT2D eigenvalue weighted by Crippen LogP contribution is 2.24. The second-order valence-corrected chi connectivity index (χ2v) is 18.6. The summed E-state index contributed by atoms with van der Waals surface area (Å²) in [4.78, 5) is 25.4. The van der Waals surface area contributed by atoms with Gasteiger partial charge in [0.15, 0.2) is 12.4 Å². The second-order valence-electron chi connectivity index (χ2n) is 17.1. The quantitative estimate of drug-likeness (QED) is 0.0197. The van der Waals surface area contributed by atoms with Crippen molar-refractivity contribution in [2.75, 3.05) is 19.0 Å². The maximum Gasteiger partial charge on any atom is 0.306 e. The Balaban J connectivity index is 2.41. The van der Waals surface area contributed by atoms with Gasteiger partial charge in [0.1, 0.15) is 36.8 Å². The lowest BCUT2D eigenvalue weighted by molar-refractivity contribution is -0.297. The number of rotatable bonds is 41. The molecule has 1 heterocycles. The molecule has 0 aromatic rings. The van der Waals surface area contributed by atoms with E-state index in [0.29, 0.717) is 12.8 Å². The number of allylic oxidation sites excluding steroid dienone is 2. The largest absolute Gasteiger partial charge is 0.462 e. The molecule has 0 bridgehead atoms. The first-order valence-corrected chi connectivity index (χ1v) is 25.9. The van der Waals surface area contributed by atoms with E-state index in [1.54, 1.807) is 0 Å². The van der Waals surface area contributed by atoms with Gasteiger partial charge in [-0.05, 0) is 38.5 Å². The fraction of sp³-hybridized carbons (Fsp3) is 0.915. The van der Waals surface area contributed by atoms with Crippen molar-refractivity contribution in [3.05, 3.63) is 12.2 Å². The lowest BCUT2D eigenvalue weighted by atomic mass is 10.00. The number of esters is 2. The first kappa shape index (κ1) is 56.4. The minimum absolute atomic E-state index is 0.166. The molecule has 6 atom stereocenters. The van der Waals surface area contributed by atoms with Crippen molar-refractivity contribution >= 4 is 22.1 Å². The van der Waals surface area contributed by atoms with Gasteiger partial charge in [-0.25, -0.2) is 0 Å². The van der Waals surface area contributed by atoms with Crippen LogP contribution in [-0.2, 0) is 38.7 Å². The third-order valence-electron chi connectivity index (χ3n) is 11.3. The predicted molar refractivity (Wildman–Crippen MR) is 238 cm³/mol. The van der Waals surface area contributed by atoms with Crippen LogP contribution in [0.15, 0.2) is 12.2 Å². The normalized spacial score (nSPS) is 20.1. The van der Waals surface area contributed by atoms with E-state index in [9.17, 15) is 37.9 Å². The summed E-state index contributed by atoms with van der Waals surface area (Å²) in [6.07, 6.45) is 31.1. The minimum atomic E-state index is -4.60. The van der Waals surface area contributed by atoms with Crippen molar-refractivity contribution in [3.8, 4) is 0 Å². The molecule has 0 radical (unpaired) electrons. The summed E-state index contributed by atoms with van der Waals surface area (Å²) in [5, 5.41) is 30.9. The highest BCUT2D eigenvalue weighted by Gasteiger charge is 2.46. The Morgan fingerprint density at radius 1 is 0.550 bits per heavy atom. The number of hydrogen-bond donors (Lipinski definition) is 4. The van der Waals surface area contributed by atoms with Gasteiger partial charge in [0, 0.05) is 12.8 Å². The van der Waals surface area contributed by atoms with Gasteiger partial charge >= 0.3 is 11.9 Å². The van der Waals surface area contributed by atoms with Crippen LogP contribution in [0.5, 0.6) is 0 Å². The van der Waals surface area contributed by atoms with Gasteiger partial charge in [-0.15, -0.1) is 0 Å². The van der Waals surface area contributed by atoms with E-state index in [-0.39, 0.29) is 19.4 Å². The van der Waals surface area contributed by atoms with Gasteiger partial charge in [0.05, 0.1) is 6.61 Å². The third-order valence-corrected chi connectivity index (χ3v) is 12.1. The molecule has 4 N–H and O–H groups in total. The Morgan fingerprint density at radius 2 is 0.950 bits per heavy atom. The Labute approximate surface area is 365 Å². The lowest BCUT2D eigenvalue weighted by Gasteiger charge is -2.40. The molecule has 0 aromatic carbocycles. The van der Waals surface area contributed by atoms with E-state index in [1.165, 1.54) is 141 Å². The number of unbranched alkanes of at least 4 members (excludes halogenated alkanes) is 27. The van der Waals surface area contributed by atoms with E-state index in [4.69, 9.17) is 18.9 Å². The number of ether oxygens (including phenoxy) is 4. The average molecular weight is 877 g/mol. The van der Waals surface area contributed by atoms with Crippen molar-refractivity contribution in [1.82, 2.24) is 0 Å². The average Bonchev–Trinajstić information content (AvgIpc) is 3.21. The van der Waals surface area contributed by atoms with Gasteiger partial charge in [0.2, 0.25) is 0 Å². The number of aliphatic hydroxyl groups excluding tert-OH is 3. The van der Waals surface area contributed by atoms with Crippen molar-refractivity contribution in [2.24, 2.45) is 0 Å². The monoisotopic (exact) mass is 877 g/mol. The zero-order valence-electron chi connectivity index (χ0n) is 37.8. The molecular weight excluding hydrogens is 789 g/mol. The molecule has 1 saturated heterocycles. The molecule has 1 aliphatic heterocycles. The molecule has 0 spiro atoms. The maximum absolute atomic E-state index is 12.8. The molecule has 12 nitrogen and oxygen atoms in total. The Kier molecular flexibility index (Phi) is 35.6. The van der Waals surface area contributed by atoms with Crippen LogP contribution in [0.1, 0.15) is 219 Å². The third kappa shape index (κ3) is 32.1. The van der Waals surface area contributed by atoms with E-state index in [1.807, 2.05) is 0 Å². The van der Waals surface area contributed by atoms with E-state index in [0.717, 1.165) is 38.5 Å². The summed E-state index contributed by atoms with van der Waals surface area (Å²) in [6.45, 7) is 3.77. The van der Waals surface area contributed by atoms with Crippen LogP contribution in [0.25, 0.3) is 0 Å². The van der Waals surface area contributed by atoms with E-state index >= 15 is 0 Å². The summed E-state index contributed by atoms with van der Waals surface area (Å²) in [5.41, 5.74) is 0. The van der Waals surface area contributed by atoms with Gasteiger partial charge in [-0.2, -0.15) is 8.42 Å². The van der Waals surface area contributed by atoms with Crippen LogP contribution in [0, 0.1) is 0 Å². The molecule has 1 fully saturated rings. The molecule has 0 aliphatic carbocycles. The van der Waals surface area contributed by atoms with E-state index < -0.39 is 71.2 Å². The van der Waals surface area contributed by atoms with Crippen molar-refractivity contribution < 1.29 is 56.8 Å². The number of aliphatic hydroxyl groups is 3. The fourth-order valence-electron chi connectivity index (χ4n) is 7.56. The van der Waals surface area contributed by atoms with Gasteiger partial charge in [0.25, 0.3) is 10.1 Å². The van der Waals surface area contributed by atoms with Crippen molar-refractivity contribution in [2.45, 2.75) is 256 Å². The van der Waals surface area contributed by atoms with Crippen LogP contribution in [0.2, 0.25) is 0 Å². The first-order chi connectivity index (χ1) is 29.0. The number of carbonyl (C=O) groups excluding carboxylic acids is 2. The topological polar surface area (TPSA) is 186 Å². The summed E-state index contributed by atoms with van der Waals surface area (Å²) < 4.78 is 54.1. The molecule has 1 aliphatic rings. The predicted octanol–water partition coefficient (Wildman–Crippen LogP) is 10.2.